The third-order valence-electron chi connectivity index (χ3n) is 3.38. The fourth-order valence-electron chi connectivity index (χ4n) is 2.17. The van der Waals surface area contributed by atoms with Crippen molar-refractivity contribution in [2.75, 3.05) is 19.0 Å². The molecule has 0 heterocycles. The molecule has 28 heavy (non-hydrogen) atoms. The first kappa shape index (κ1) is 21.0. The van der Waals surface area contributed by atoms with E-state index in [4.69, 9.17) is 21.1 Å². The molecule has 2 rings (SSSR count). The van der Waals surface area contributed by atoms with E-state index in [9.17, 15) is 9.59 Å². The molecule has 7 nitrogen and oxygen atoms in total. The second-order valence-corrected chi connectivity index (χ2v) is 5.97. The van der Waals surface area contributed by atoms with Crippen molar-refractivity contribution in [3.8, 4) is 11.5 Å². The van der Waals surface area contributed by atoms with E-state index in [1.165, 1.54) is 13.3 Å². The van der Waals surface area contributed by atoms with Crippen molar-refractivity contribution in [3.63, 3.8) is 0 Å². The summed E-state index contributed by atoms with van der Waals surface area (Å²) in [6.07, 6.45) is 2.70. The van der Waals surface area contributed by atoms with E-state index in [-0.39, 0.29) is 6.42 Å². The molecule has 2 aromatic carbocycles. The smallest absolute Gasteiger partial charge is 0.249 e. The molecule has 0 aliphatic carbocycles. The predicted molar refractivity (Wildman–Crippen MR) is 109 cm³/mol. The van der Waals surface area contributed by atoms with Gasteiger partial charge >= 0.3 is 0 Å². The zero-order valence-corrected chi connectivity index (χ0v) is 16.0. The Kier molecular flexibility index (Phi) is 8.05. The minimum absolute atomic E-state index is 0.358. The monoisotopic (exact) mass is 401 g/mol. The number of benzene rings is 2. The Morgan fingerprint density at radius 3 is 2.71 bits per heavy atom. The molecule has 0 aromatic heterocycles. The summed E-state index contributed by atoms with van der Waals surface area (Å²) in [5.41, 5.74) is 3.50. The number of hydrazone groups is 1. The molecule has 0 bridgehead atoms. The number of nitrogens with zero attached hydrogens (tertiary/aromatic N) is 1. The van der Waals surface area contributed by atoms with Gasteiger partial charge < -0.3 is 14.8 Å². The standard InChI is InChI=1S/C20H20ClN3O4/c1-3-9-28-17-8-7-14(10-18(17)27-2)13-22-24-20(26)12-19(25)23-16-6-4-5-15(21)11-16/h3-8,10-11,13H,1,9,12H2,2H3,(H,23,25)(H,24,26)/b22-13-. The van der Waals surface area contributed by atoms with Crippen molar-refractivity contribution in [1.82, 2.24) is 5.43 Å². The predicted octanol–water partition coefficient (Wildman–Crippen LogP) is 3.39. The van der Waals surface area contributed by atoms with E-state index in [0.29, 0.717) is 34.4 Å². The van der Waals surface area contributed by atoms with Gasteiger partial charge in [0.2, 0.25) is 11.8 Å². The van der Waals surface area contributed by atoms with Crippen LogP contribution in [0.5, 0.6) is 11.5 Å². The molecule has 0 saturated carbocycles. The highest BCUT2D eigenvalue weighted by Gasteiger charge is 2.09. The zero-order valence-electron chi connectivity index (χ0n) is 15.3. The number of hydrogen-bond donors (Lipinski definition) is 2. The molecule has 0 fully saturated rings. The molecule has 0 aliphatic rings. The topological polar surface area (TPSA) is 89.0 Å². The van der Waals surface area contributed by atoms with Crippen LogP contribution in [0.15, 0.2) is 60.2 Å². The maximum Gasteiger partial charge on any atom is 0.249 e. The largest absolute Gasteiger partial charge is 0.493 e. The van der Waals surface area contributed by atoms with Gasteiger partial charge in [-0.05, 0) is 42.0 Å². The van der Waals surface area contributed by atoms with Gasteiger partial charge in [0, 0.05) is 10.7 Å². The van der Waals surface area contributed by atoms with E-state index in [1.807, 2.05) is 0 Å². The van der Waals surface area contributed by atoms with Crippen molar-refractivity contribution in [1.29, 1.82) is 0 Å². The Morgan fingerprint density at radius 2 is 2.00 bits per heavy atom. The number of hydrogen-bond acceptors (Lipinski definition) is 5. The van der Waals surface area contributed by atoms with Crippen LogP contribution in [0.2, 0.25) is 5.02 Å². The summed E-state index contributed by atoms with van der Waals surface area (Å²) in [6.45, 7) is 3.95. The van der Waals surface area contributed by atoms with Crippen LogP contribution in [0.1, 0.15) is 12.0 Å². The molecular formula is C20H20ClN3O4. The van der Waals surface area contributed by atoms with Crippen LogP contribution in [0.3, 0.4) is 0 Å². The van der Waals surface area contributed by atoms with Gasteiger partial charge in [0.1, 0.15) is 13.0 Å². The number of rotatable bonds is 9. The Bertz CT molecular complexity index is 884. The van der Waals surface area contributed by atoms with Gasteiger partial charge in [0.25, 0.3) is 0 Å². The van der Waals surface area contributed by atoms with Crippen molar-refractivity contribution >= 4 is 35.3 Å². The molecule has 0 unspecified atom stereocenters. The molecule has 0 spiro atoms. The van der Waals surface area contributed by atoms with Crippen molar-refractivity contribution in [2.24, 2.45) is 5.10 Å². The molecule has 2 amide bonds. The Balaban J connectivity index is 1.86. The number of methoxy groups -OCH3 is 1. The number of amides is 2. The molecule has 0 atom stereocenters. The molecular weight excluding hydrogens is 382 g/mol. The first-order valence-electron chi connectivity index (χ1n) is 8.31. The van der Waals surface area contributed by atoms with Crippen LogP contribution in [0.25, 0.3) is 0 Å². The summed E-state index contributed by atoms with van der Waals surface area (Å²) in [6, 6.07) is 11.8. The highest BCUT2D eigenvalue weighted by molar-refractivity contribution is 6.30. The molecule has 8 heteroatoms. The third kappa shape index (κ3) is 6.77. The van der Waals surface area contributed by atoms with Crippen LogP contribution >= 0.6 is 11.6 Å². The maximum absolute atomic E-state index is 11.9. The number of ether oxygens (including phenoxy) is 2. The van der Waals surface area contributed by atoms with Crippen LogP contribution in [0.4, 0.5) is 5.69 Å². The highest BCUT2D eigenvalue weighted by atomic mass is 35.5. The van der Waals surface area contributed by atoms with Gasteiger partial charge in [0.15, 0.2) is 11.5 Å². The number of carbonyl (C=O) groups is 2. The molecule has 0 radical (unpaired) electrons. The average Bonchev–Trinajstić information content (AvgIpc) is 2.66. The fraction of sp³-hybridized carbons (Fsp3) is 0.150. The molecule has 0 aliphatic heterocycles. The van der Waals surface area contributed by atoms with Crippen molar-refractivity contribution in [2.45, 2.75) is 6.42 Å². The van der Waals surface area contributed by atoms with E-state index in [1.54, 1.807) is 48.5 Å². The number of nitrogens with one attached hydrogen (secondary N) is 2. The summed E-state index contributed by atoms with van der Waals surface area (Å²) in [5.74, 6) is 0.0772. The quantitative estimate of drug-likeness (QED) is 0.292. The van der Waals surface area contributed by atoms with Crippen molar-refractivity contribution < 1.29 is 19.1 Å². The molecule has 2 N–H and O–H groups in total. The van der Waals surface area contributed by atoms with Gasteiger partial charge in [-0.2, -0.15) is 5.10 Å². The third-order valence-corrected chi connectivity index (χ3v) is 3.61. The summed E-state index contributed by atoms with van der Waals surface area (Å²) in [5, 5.41) is 6.92. The Hall–Kier alpha value is -3.32. The molecule has 0 saturated heterocycles. The lowest BCUT2D eigenvalue weighted by Crippen LogP contribution is -2.24. The SMILES string of the molecule is C=CCOc1ccc(/C=N\NC(=O)CC(=O)Nc2cccc(Cl)c2)cc1OC. The molecule has 146 valence electrons. The van der Waals surface area contributed by atoms with Crippen molar-refractivity contribution in [3.05, 3.63) is 65.7 Å². The summed E-state index contributed by atoms with van der Waals surface area (Å²) >= 11 is 5.85. The normalized spacial score (nSPS) is 10.4. The van der Waals surface area contributed by atoms with Gasteiger partial charge in [-0.3, -0.25) is 9.59 Å². The lowest BCUT2D eigenvalue weighted by molar-refractivity contribution is -0.126. The molecule has 2 aromatic rings. The Labute approximate surface area is 168 Å². The van der Waals surface area contributed by atoms with Gasteiger partial charge in [-0.1, -0.05) is 30.3 Å². The summed E-state index contributed by atoms with van der Waals surface area (Å²) in [4.78, 5) is 23.7. The van der Waals surface area contributed by atoms with E-state index in [2.05, 4.69) is 22.4 Å². The number of anilines is 1. The van der Waals surface area contributed by atoms with E-state index in [0.717, 1.165) is 0 Å². The van der Waals surface area contributed by atoms with Gasteiger partial charge in [0.05, 0.1) is 13.3 Å². The number of halogens is 1. The van der Waals surface area contributed by atoms with Crippen LogP contribution in [-0.4, -0.2) is 31.7 Å². The highest BCUT2D eigenvalue weighted by Crippen LogP contribution is 2.27. The lowest BCUT2D eigenvalue weighted by Gasteiger charge is -2.09. The zero-order chi connectivity index (χ0) is 20.4. The van der Waals surface area contributed by atoms with E-state index >= 15 is 0 Å². The fourth-order valence-corrected chi connectivity index (χ4v) is 2.36. The Morgan fingerprint density at radius 1 is 1.18 bits per heavy atom. The average molecular weight is 402 g/mol. The number of carbonyl (C=O) groups excluding carboxylic acids is 2. The van der Waals surface area contributed by atoms with Crippen LogP contribution < -0.4 is 20.2 Å². The van der Waals surface area contributed by atoms with Crippen LogP contribution in [-0.2, 0) is 9.59 Å². The van der Waals surface area contributed by atoms with Crippen LogP contribution in [0, 0.1) is 0 Å². The van der Waals surface area contributed by atoms with Gasteiger partial charge in [-0.15, -0.1) is 0 Å². The summed E-state index contributed by atoms with van der Waals surface area (Å²) in [7, 11) is 1.53. The first-order chi connectivity index (χ1) is 13.5. The minimum Gasteiger partial charge on any atom is -0.493 e. The summed E-state index contributed by atoms with van der Waals surface area (Å²) < 4.78 is 10.7. The first-order valence-corrected chi connectivity index (χ1v) is 8.68. The second-order valence-electron chi connectivity index (χ2n) is 5.54. The van der Waals surface area contributed by atoms with E-state index < -0.39 is 11.8 Å². The minimum atomic E-state index is -0.548. The second kappa shape index (κ2) is 10.7. The van der Waals surface area contributed by atoms with Gasteiger partial charge in [-0.25, -0.2) is 5.43 Å². The maximum atomic E-state index is 11.9. The lowest BCUT2D eigenvalue weighted by atomic mass is 10.2.